The van der Waals surface area contributed by atoms with Crippen molar-refractivity contribution in [2.45, 2.75) is 77.3 Å². The Kier molecular flexibility index (Phi) is 2.76. The lowest BCUT2D eigenvalue weighted by atomic mass is 9.47. The van der Waals surface area contributed by atoms with Crippen molar-refractivity contribution in [3.05, 3.63) is 22.1 Å². The first kappa shape index (κ1) is 13.4. The molecule has 1 atom stereocenters. The van der Waals surface area contributed by atoms with Gasteiger partial charge < -0.3 is 0 Å². The Bertz CT molecular complexity index is 618. The number of hydrogen-bond acceptors (Lipinski definition) is 1. The monoisotopic (exact) mass is 300 g/mol. The summed E-state index contributed by atoms with van der Waals surface area (Å²) in [5, 5.41) is 0. The molecule has 1 unspecified atom stereocenters. The molecule has 1 aromatic rings. The van der Waals surface area contributed by atoms with Gasteiger partial charge in [0.15, 0.2) is 0 Å². The Morgan fingerprint density at radius 1 is 1.05 bits per heavy atom. The van der Waals surface area contributed by atoms with Crippen molar-refractivity contribution in [1.29, 1.82) is 0 Å². The molecular formula is C19H28N2O. The van der Waals surface area contributed by atoms with Gasteiger partial charge in [0.1, 0.15) is 0 Å². The summed E-state index contributed by atoms with van der Waals surface area (Å²) in [5.41, 5.74) is 1.88. The zero-order valence-electron chi connectivity index (χ0n) is 13.8. The second kappa shape index (κ2) is 4.52. The molecule has 4 saturated carbocycles. The van der Waals surface area contributed by atoms with E-state index in [4.69, 9.17) is 0 Å². The number of hydrogen-bond donors (Lipinski definition) is 0. The van der Waals surface area contributed by atoms with Crippen molar-refractivity contribution < 1.29 is 0 Å². The first-order valence-electron chi connectivity index (χ1n) is 9.43. The van der Waals surface area contributed by atoms with Crippen LogP contribution in [-0.2, 0) is 6.54 Å². The first-order valence-corrected chi connectivity index (χ1v) is 9.43. The lowest BCUT2D eigenvalue weighted by molar-refractivity contribution is -0.0886. The van der Waals surface area contributed by atoms with Gasteiger partial charge in [0.2, 0.25) is 0 Å². The van der Waals surface area contributed by atoms with E-state index in [1.807, 2.05) is 6.07 Å². The standard InChI is InChI=1S/C19H28N2O/c1-13-6-18(22)21-17(4-2-3-5-20(13)21)19-10-14-7-15(11-19)9-16(8-14)12-19/h6,14-17H,2-5,7-12H2,1H3. The molecule has 1 aromatic heterocycles. The van der Waals surface area contributed by atoms with Crippen molar-refractivity contribution >= 4 is 0 Å². The summed E-state index contributed by atoms with van der Waals surface area (Å²) in [6, 6.07) is 2.35. The van der Waals surface area contributed by atoms with Gasteiger partial charge in [-0.1, -0.05) is 0 Å². The van der Waals surface area contributed by atoms with Crippen LogP contribution >= 0.6 is 0 Å². The topological polar surface area (TPSA) is 26.9 Å². The van der Waals surface area contributed by atoms with E-state index in [1.165, 1.54) is 63.5 Å². The molecule has 120 valence electrons. The summed E-state index contributed by atoms with van der Waals surface area (Å²) in [4.78, 5) is 12.7. The van der Waals surface area contributed by atoms with E-state index >= 15 is 0 Å². The minimum absolute atomic E-state index is 0.264. The quantitative estimate of drug-likeness (QED) is 0.772. The van der Waals surface area contributed by atoms with Crippen molar-refractivity contribution in [3.63, 3.8) is 0 Å². The molecule has 0 spiro atoms. The zero-order chi connectivity index (χ0) is 14.9. The predicted octanol–water partition coefficient (Wildman–Crippen LogP) is 3.90. The third-order valence-electron chi connectivity index (χ3n) is 7.41. The third-order valence-corrected chi connectivity index (χ3v) is 7.41. The normalized spacial score (nSPS) is 43.1. The smallest absolute Gasteiger partial charge is 0.267 e. The van der Waals surface area contributed by atoms with E-state index in [9.17, 15) is 4.79 Å². The largest absolute Gasteiger partial charge is 0.287 e. The summed E-state index contributed by atoms with van der Waals surface area (Å²) >= 11 is 0. The zero-order valence-corrected chi connectivity index (χ0v) is 13.8. The number of fused-ring (bicyclic) bond motifs is 1. The van der Waals surface area contributed by atoms with Crippen LogP contribution < -0.4 is 5.56 Å². The molecule has 0 N–H and O–H groups in total. The van der Waals surface area contributed by atoms with Crippen molar-refractivity contribution in [2.75, 3.05) is 0 Å². The molecule has 5 aliphatic rings. The van der Waals surface area contributed by atoms with Gasteiger partial charge in [-0.15, -0.1) is 0 Å². The van der Waals surface area contributed by atoms with Crippen molar-refractivity contribution in [2.24, 2.45) is 23.2 Å². The number of aromatic nitrogens is 2. The lowest BCUT2D eigenvalue weighted by Crippen LogP contribution is -2.51. The lowest BCUT2D eigenvalue weighted by Gasteiger charge is -2.59. The number of aryl methyl sites for hydroxylation is 1. The van der Waals surface area contributed by atoms with E-state index < -0.39 is 0 Å². The van der Waals surface area contributed by atoms with Gasteiger partial charge in [0.05, 0.1) is 6.04 Å². The fourth-order valence-electron chi connectivity index (χ4n) is 7.09. The molecule has 4 fully saturated rings. The maximum atomic E-state index is 12.7. The Morgan fingerprint density at radius 2 is 1.68 bits per heavy atom. The van der Waals surface area contributed by atoms with E-state index in [-0.39, 0.29) is 5.56 Å². The van der Waals surface area contributed by atoms with E-state index in [0.717, 1.165) is 24.3 Å². The SMILES string of the molecule is Cc1cc(=O)n2n1CCCCC2C12CC3CC(CC(C3)C1)C2. The molecule has 4 aliphatic carbocycles. The first-order chi connectivity index (χ1) is 10.6. The molecule has 0 amide bonds. The molecule has 4 bridgehead atoms. The average Bonchev–Trinajstić information content (AvgIpc) is 2.63. The number of nitrogens with zero attached hydrogens (tertiary/aromatic N) is 2. The minimum atomic E-state index is 0.264. The molecular weight excluding hydrogens is 272 g/mol. The summed E-state index contributed by atoms with van der Waals surface area (Å²) < 4.78 is 4.52. The highest BCUT2D eigenvalue weighted by Gasteiger charge is 2.55. The maximum Gasteiger partial charge on any atom is 0.267 e. The Morgan fingerprint density at radius 3 is 2.32 bits per heavy atom. The van der Waals surface area contributed by atoms with Crippen LogP contribution in [0.5, 0.6) is 0 Å². The van der Waals surface area contributed by atoms with Crippen molar-refractivity contribution in [3.8, 4) is 0 Å². The van der Waals surface area contributed by atoms with E-state index in [0.29, 0.717) is 11.5 Å². The van der Waals surface area contributed by atoms with Crippen LogP contribution in [0.1, 0.15) is 69.5 Å². The molecule has 1 aliphatic heterocycles. The fraction of sp³-hybridized carbons (Fsp3) is 0.842. The molecule has 3 heteroatoms. The fourth-order valence-corrected chi connectivity index (χ4v) is 7.09. The molecule has 0 radical (unpaired) electrons. The predicted molar refractivity (Wildman–Crippen MR) is 86.9 cm³/mol. The Hall–Kier alpha value is -0.990. The Labute approximate surface area is 132 Å². The van der Waals surface area contributed by atoms with Gasteiger partial charge in [-0.2, -0.15) is 0 Å². The molecule has 6 rings (SSSR count). The van der Waals surface area contributed by atoms with Gasteiger partial charge in [0, 0.05) is 18.3 Å². The Balaban J connectivity index is 1.62. The van der Waals surface area contributed by atoms with Gasteiger partial charge in [0.25, 0.3) is 5.56 Å². The summed E-state index contributed by atoms with van der Waals surface area (Å²) in [5.74, 6) is 2.90. The second-order valence-corrected chi connectivity index (χ2v) is 8.88. The van der Waals surface area contributed by atoms with Crippen LogP contribution in [0.4, 0.5) is 0 Å². The highest BCUT2D eigenvalue weighted by molar-refractivity contribution is 5.09. The van der Waals surface area contributed by atoms with Gasteiger partial charge in [-0.05, 0) is 87.9 Å². The number of rotatable bonds is 1. The molecule has 2 heterocycles. The highest BCUT2D eigenvalue weighted by Crippen LogP contribution is 2.64. The van der Waals surface area contributed by atoms with E-state index in [1.54, 1.807) is 0 Å². The minimum Gasteiger partial charge on any atom is -0.287 e. The highest BCUT2D eigenvalue weighted by atomic mass is 16.1. The summed E-state index contributed by atoms with van der Waals surface area (Å²) in [7, 11) is 0. The van der Waals surface area contributed by atoms with Gasteiger partial charge in [-0.25, -0.2) is 4.68 Å². The van der Waals surface area contributed by atoms with Gasteiger partial charge in [-0.3, -0.25) is 9.48 Å². The van der Waals surface area contributed by atoms with Crippen LogP contribution in [-0.4, -0.2) is 9.36 Å². The summed E-state index contributed by atoms with van der Waals surface area (Å²) in [6.45, 7) is 3.15. The van der Waals surface area contributed by atoms with Crippen LogP contribution in [0.3, 0.4) is 0 Å². The molecule has 0 saturated heterocycles. The molecule has 3 nitrogen and oxygen atoms in total. The van der Waals surface area contributed by atoms with Crippen LogP contribution in [0.25, 0.3) is 0 Å². The van der Waals surface area contributed by atoms with Crippen molar-refractivity contribution in [1.82, 2.24) is 9.36 Å². The van der Waals surface area contributed by atoms with E-state index in [2.05, 4.69) is 16.3 Å². The summed E-state index contributed by atoms with van der Waals surface area (Å²) in [6.07, 6.45) is 12.4. The maximum absolute atomic E-state index is 12.7. The van der Waals surface area contributed by atoms with Crippen LogP contribution in [0.2, 0.25) is 0 Å². The molecule has 0 aromatic carbocycles. The van der Waals surface area contributed by atoms with Gasteiger partial charge >= 0.3 is 0 Å². The third kappa shape index (κ3) is 1.77. The van der Waals surface area contributed by atoms with Crippen LogP contribution in [0.15, 0.2) is 10.9 Å². The van der Waals surface area contributed by atoms with Crippen LogP contribution in [0, 0.1) is 30.1 Å². The second-order valence-electron chi connectivity index (χ2n) is 8.88. The average molecular weight is 300 g/mol. The molecule has 22 heavy (non-hydrogen) atoms.